The largest absolute Gasteiger partial charge is 0.451 e. The fourth-order valence-electron chi connectivity index (χ4n) is 4.48. The van der Waals surface area contributed by atoms with E-state index in [4.69, 9.17) is 9.52 Å². The molecule has 7 nitrogen and oxygen atoms in total. The van der Waals surface area contributed by atoms with E-state index in [0.717, 1.165) is 33.2 Å². The van der Waals surface area contributed by atoms with Crippen LogP contribution in [0.2, 0.25) is 0 Å². The maximum Gasteiger partial charge on any atom is 0.289 e. The molecule has 1 fully saturated rings. The quantitative estimate of drug-likeness (QED) is 0.484. The summed E-state index contributed by atoms with van der Waals surface area (Å²) in [5, 5.41) is 13.7. The fraction of sp³-hybridized carbons (Fsp3) is 0.292. The fourth-order valence-corrected chi connectivity index (χ4v) is 5.62. The van der Waals surface area contributed by atoms with Crippen LogP contribution in [0.25, 0.3) is 21.2 Å². The zero-order chi connectivity index (χ0) is 22.2. The Morgan fingerprint density at radius 1 is 1.25 bits per heavy atom. The van der Waals surface area contributed by atoms with Crippen molar-refractivity contribution < 1.29 is 19.1 Å². The Morgan fingerprint density at radius 2 is 2.06 bits per heavy atom. The van der Waals surface area contributed by atoms with Gasteiger partial charge in [0.2, 0.25) is 0 Å². The van der Waals surface area contributed by atoms with Gasteiger partial charge in [-0.05, 0) is 31.0 Å². The minimum absolute atomic E-state index is 0.0245. The number of likely N-dealkylation sites (tertiary alicyclic amines) is 1. The van der Waals surface area contributed by atoms with E-state index in [0.29, 0.717) is 29.3 Å². The molecule has 32 heavy (non-hydrogen) atoms. The van der Waals surface area contributed by atoms with E-state index < -0.39 is 0 Å². The van der Waals surface area contributed by atoms with Crippen LogP contribution >= 0.6 is 11.3 Å². The third kappa shape index (κ3) is 3.45. The molecule has 5 rings (SSSR count). The highest BCUT2D eigenvalue weighted by atomic mass is 32.1. The summed E-state index contributed by atoms with van der Waals surface area (Å²) in [5.74, 6) is 0.0705. The highest BCUT2D eigenvalue weighted by Gasteiger charge is 2.34. The molecule has 0 saturated carbocycles. The van der Waals surface area contributed by atoms with Crippen molar-refractivity contribution in [2.24, 2.45) is 0 Å². The number of aliphatic hydroxyl groups excluding tert-OH is 1. The van der Waals surface area contributed by atoms with E-state index in [1.165, 1.54) is 11.3 Å². The van der Waals surface area contributed by atoms with Crippen molar-refractivity contribution in [3.63, 3.8) is 0 Å². The lowest BCUT2D eigenvalue weighted by molar-refractivity contribution is 0.0760. The molecular weight excluding hydrogens is 426 g/mol. The molecule has 1 aliphatic rings. The number of hydrogen-bond donors (Lipinski definition) is 2. The maximum atomic E-state index is 13.3. The van der Waals surface area contributed by atoms with Crippen molar-refractivity contribution in [1.29, 1.82) is 0 Å². The lowest BCUT2D eigenvalue weighted by Gasteiger charge is -2.16. The molecule has 1 aromatic carbocycles. The summed E-state index contributed by atoms with van der Waals surface area (Å²) in [6.07, 6.45) is 2.47. The van der Waals surface area contributed by atoms with Crippen molar-refractivity contribution in [2.75, 3.05) is 26.2 Å². The SMILES string of the molecule is Cc1c(C(=O)N2CC[C@@H](c3c(C(=O)NCCO)sc4ncccc34)C2)oc2ccccc12. The van der Waals surface area contributed by atoms with Crippen LogP contribution in [0.15, 0.2) is 47.0 Å². The van der Waals surface area contributed by atoms with Gasteiger partial charge in [-0.2, -0.15) is 0 Å². The summed E-state index contributed by atoms with van der Waals surface area (Å²) in [6, 6.07) is 11.5. The Labute approximate surface area is 188 Å². The number of fused-ring (bicyclic) bond motifs is 2. The minimum Gasteiger partial charge on any atom is -0.451 e. The number of para-hydroxylation sites is 1. The first kappa shape index (κ1) is 20.7. The zero-order valence-corrected chi connectivity index (χ0v) is 18.4. The average molecular weight is 450 g/mol. The van der Waals surface area contributed by atoms with Gasteiger partial charge in [-0.3, -0.25) is 9.59 Å². The van der Waals surface area contributed by atoms with Gasteiger partial charge >= 0.3 is 0 Å². The highest BCUT2D eigenvalue weighted by molar-refractivity contribution is 7.20. The summed E-state index contributed by atoms with van der Waals surface area (Å²) in [5.41, 5.74) is 2.50. The van der Waals surface area contributed by atoms with Crippen LogP contribution in [0.5, 0.6) is 0 Å². The topological polar surface area (TPSA) is 95.7 Å². The van der Waals surface area contributed by atoms with E-state index in [1.807, 2.05) is 48.2 Å². The summed E-state index contributed by atoms with van der Waals surface area (Å²) in [6.45, 7) is 3.09. The lowest BCUT2D eigenvalue weighted by atomic mass is 9.95. The van der Waals surface area contributed by atoms with Crippen LogP contribution in [0, 0.1) is 6.92 Å². The molecule has 0 spiro atoms. The lowest BCUT2D eigenvalue weighted by Crippen LogP contribution is -2.29. The third-order valence-electron chi connectivity index (χ3n) is 6.03. The van der Waals surface area contributed by atoms with Gasteiger partial charge in [-0.25, -0.2) is 4.98 Å². The molecule has 164 valence electrons. The van der Waals surface area contributed by atoms with E-state index in [1.54, 1.807) is 6.20 Å². The first-order valence-electron chi connectivity index (χ1n) is 10.6. The number of aliphatic hydroxyl groups is 1. The highest BCUT2D eigenvalue weighted by Crippen LogP contribution is 2.40. The molecule has 2 amide bonds. The number of aromatic nitrogens is 1. The molecule has 1 aliphatic heterocycles. The number of nitrogens with zero attached hydrogens (tertiary/aromatic N) is 2. The predicted molar refractivity (Wildman–Crippen MR) is 123 cm³/mol. The Kier molecular flexibility index (Phi) is 5.40. The number of thiophene rings is 1. The second-order valence-corrected chi connectivity index (χ2v) is 8.97. The number of furan rings is 1. The number of pyridine rings is 1. The van der Waals surface area contributed by atoms with Crippen molar-refractivity contribution in [3.8, 4) is 0 Å². The number of nitrogens with one attached hydrogen (secondary N) is 1. The standard InChI is InChI=1S/C24H23N3O4S/c1-14-16-5-2-3-7-18(16)31-20(14)24(30)27-11-8-15(13-27)19-17-6-4-9-26-23(17)32-21(19)22(29)25-10-12-28/h2-7,9,15,28H,8,10-13H2,1H3,(H,25,29)/t15-/m1/s1. The van der Waals surface area contributed by atoms with Gasteiger partial charge in [0, 0.05) is 48.1 Å². The monoisotopic (exact) mass is 449 g/mol. The van der Waals surface area contributed by atoms with Crippen LogP contribution in [0.3, 0.4) is 0 Å². The van der Waals surface area contributed by atoms with Gasteiger partial charge in [0.15, 0.2) is 5.76 Å². The molecular formula is C24H23N3O4S. The Balaban J connectivity index is 1.45. The summed E-state index contributed by atoms with van der Waals surface area (Å²) in [4.78, 5) is 33.7. The normalized spacial score (nSPS) is 16.2. The van der Waals surface area contributed by atoms with Crippen LogP contribution in [0.4, 0.5) is 0 Å². The van der Waals surface area contributed by atoms with Gasteiger partial charge in [0.1, 0.15) is 10.4 Å². The Hall–Kier alpha value is -3.23. The smallest absolute Gasteiger partial charge is 0.289 e. The summed E-state index contributed by atoms with van der Waals surface area (Å²) < 4.78 is 5.89. The first-order valence-corrected chi connectivity index (χ1v) is 11.4. The minimum atomic E-state index is -0.213. The van der Waals surface area contributed by atoms with E-state index >= 15 is 0 Å². The summed E-state index contributed by atoms with van der Waals surface area (Å²) in [7, 11) is 0. The number of carbonyl (C=O) groups is 2. The number of amides is 2. The van der Waals surface area contributed by atoms with Crippen molar-refractivity contribution >= 4 is 44.3 Å². The molecule has 8 heteroatoms. The number of rotatable bonds is 5. The summed E-state index contributed by atoms with van der Waals surface area (Å²) >= 11 is 1.35. The van der Waals surface area contributed by atoms with Crippen LogP contribution in [-0.2, 0) is 0 Å². The van der Waals surface area contributed by atoms with Crippen molar-refractivity contribution in [3.05, 3.63) is 64.4 Å². The molecule has 4 heterocycles. The van der Waals surface area contributed by atoms with Gasteiger partial charge in [-0.1, -0.05) is 24.3 Å². The molecule has 0 unspecified atom stereocenters. The molecule has 2 N–H and O–H groups in total. The van der Waals surface area contributed by atoms with Gasteiger partial charge in [0.05, 0.1) is 11.5 Å². The molecule has 0 radical (unpaired) electrons. The maximum absolute atomic E-state index is 13.3. The Morgan fingerprint density at radius 3 is 2.88 bits per heavy atom. The molecule has 3 aromatic heterocycles. The van der Waals surface area contributed by atoms with E-state index in [9.17, 15) is 9.59 Å². The van der Waals surface area contributed by atoms with Gasteiger partial charge in [-0.15, -0.1) is 11.3 Å². The van der Waals surface area contributed by atoms with E-state index in [-0.39, 0.29) is 30.9 Å². The molecule has 1 atom stereocenters. The second-order valence-electron chi connectivity index (χ2n) is 7.97. The van der Waals surface area contributed by atoms with E-state index in [2.05, 4.69) is 10.3 Å². The van der Waals surface area contributed by atoms with Crippen LogP contribution in [0.1, 0.15) is 43.7 Å². The van der Waals surface area contributed by atoms with Gasteiger partial charge < -0.3 is 19.7 Å². The first-order chi connectivity index (χ1) is 15.6. The average Bonchev–Trinajstić information content (AvgIpc) is 3.52. The Bertz CT molecular complexity index is 1330. The molecule has 0 bridgehead atoms. The number of hydrogen-bond acceptors (Lipinski definition) is 6. The van der Waals surface area contributed by atoms with Crippen molar-refractivity contribution in [1.82, 2.24) is 15.2 Å². The molecule has 1 saturated heterocycles. The zero-order valence-electron chi connectivity index (χ0n) is 17.6. The van der Waals surface area contributed by atoms with Crippen LogP contribution in [-0.4, -0.2) is 53.0 Å². The predicted octanol–water partition coefficient (Wildman–Crippen LogP) is 3.70. The number of aryl methyl sites for hydroxylation is 1. The number of benzene rings is 1. The molecule has 0 aliphatic carbocycles. The van der Waals surface area contributed by atoms with Gasteiger partial charge in [0.25, 0.3) is 11.8 Å². The van der Waals surface area contributed by atoms with Crippen molar-refractivity contribution in [2.45, 2.75) is 19.3 Å². The third-order valence-corrected chi connectivity index (χ3v) is 7.16. The van der Waals surface area contributed by atoms with Crippen LogP contribution < -0.4 is 5.32 Å². The molecule has 4 aromatic rings. The number of carbonyl (C=O) groups excluding carboxylic acids is 2. The second kappa shape index (κ2) is 8.37.